The van der Waals surface area contributed by atoms with E-state index in [2.05, 4.69) is 11.0 Å². The monoisotopic (exact) mass is 420 g/mol. The summed E-state index contributed by atoms with van der Waals surface area (Å²) in [5.74, 6) is 2.02. The highest BCUT2D eigenvalue weighted by Crippen LogP contribution is 2.25. The van der Waals surface area contributed by atoms with Gasteiger partial charge in [0.2, 0.25) is 0 Å². The van der Waals surface area contributed by atoms with E-state index >= 15 is 0 Å². The second kappa shape index (κ2) is 8.90. The van der Waals surface area contributed by atoms with E-state index in [0.29, 0.717) is 23.7 Å². The fourth-order valence-corrected chi connectivity index (χ4v) is 3.88. The Morgan fingerprint density at radius 2 is 1.87 bits per heavy atom. The summed E-state index contributed by atoms with van der Waals surface area (Å²) < 4.78 is 5.94. The first-order valence-electron chi connectivity index (χ1n) is 10.1. The lowest BCUT2D eigenvalue weighted by molar-refractivity contribution is 0.0729. The first-order valence-corrected chi connectivity index (χ1v) is 10.4. The zero-order valence-corrected chi connectivity index (χ0v) is 18.0. The first-order chi connectivity index (χ1) is 14.5. The molecule has 0 fully saturated rings. The summed E-state index contributed by atoms with van der Waals surface area (Å²) in [6.45, 7) is 2.05. The third-order valence-electron chi connectivity index (χ3n) is 5.15. The van der Waals surface area contributed by atoms with Gasteiger partial charge in [-0.1, -0.05) is 48.0 Å². The van der Waals surface area contributed by atoms with Crippen LogP contribution in [0.5, 0.6) is 0 Å². The number of furan rings is 1. The number of rotatable bonds is 5. The van der Waals surface area contributed by atoms with Gasteiger partial charge >= 0.3 is 0 Å². The Morgan fingerprint density at radius 1 is 1.10 bits per heavy atom. The molecule has 0 saturated heterocycles. The molecule has 0 unspecified atom stereocenters. The highest BCUT2D eigenvalue weighted by atomic mass is 35.5. The quantitative estimate of drug-likeness (QED) is 0.521. The number of benzene rings is 2. The molecule has 0 aliphatic carbocycles. The van der Waals surface area contributed by atoms with Gasteiger partial charge in [0.05, 0.1) is 6.54 Å². The molecule has 0 atom stereocenters. The largest absolute Gasteiger partial charge is 0.464 e. The van der Waals surface area contributed by atoms with Crippen molar-refractivity contribution in [1.29, 1.82) is 0 Å². The molecule has 1 amide bonds. The van der Waals surface area contributed by atoms with Crippen LogP contribution in [0, 0.1) is 0 Å². The molecule has 0 bridgehead atoms. The molecule has 4 nitrogen and oxygen atoms in total. The van der Waals surface area contributed by atoms with Gasteiger partial charge in [-0.25, -0.2) is 0 Å². The molecule has 154 valence electrons. The molecule has 30 heavy (non-hydrogen) atoms. The lowest BCUT2D eigenvalue weighted by Crippen LogP contribution is -2.35. The summed E-state index contributed by atoms with van der Waals surface area (Å²) in [7, 11) is 4.04. The van der Waals surface area contributed by atoms with Crippen LogP contribution in [-0.4, -0.2) is 36.3 Å². The zero-order valence-electron chi connectivity index (χ0n) is 17.3. The van der Waals surface area contributed by atoms with Crippen molar-refractivity contribution in [3.05, 3.63) is 93.4 Å². The van der Waals surface area contributed by atoms with E-state index in [1.807, 2.05) is 79.7 Å². The van der Waals surface area contributed by atoms with Crippen molar-refractivity contribution in [2.75, 3.05) is 20.6 Å². The van der Waals surface area contributed by atoms with Crippen LogP contribution in [-0.2, 0) is 19.5 Å². The highest BCUT2D eigenvalue weighted by Gasteiger charge is 2.25. The smallest absolute Gasteiger partial charge is 0.254 e. The van der Waals surface area contributed by atoms with Gasteiger partial charge in [0.15, 0.2) is 0 Å². The minimum absolute atomic E-state index is 0.0568. The summed E-state index contributed by atoms with van der Waals surface area (Å²) in [5, 5.41) is 0.717. The molecule has 5 heteroatoms. The van der Waals surface area contributed by atoms with Crippen molar-refractivity contribution in [2.24, 2.45) is 0 Å². The van der Waals surface area contributed by atoms with Crippen LogP contribution in [0.25, 0.3) is 12.2 Å². The van der Waals surface area contributed by atoms with Crippen molar-refractivity contribution in [2.45, 2.75) is 19.5 Å². The van der Waals surface area contributed by atoms with E-state index in [0.717, 1.165) is 41.2 Å². The number of amides is 1. The lowest BCUT2D eigenvalue weighted by atomic mass is 10.1. The topological polar surface area (TPSA) is 36.7 Å². The van der Waals surface area contributed by atoms with E-state index in [4.69, 9.17) is 16.0 Å². The average molecular weight is 421 g/mol. The SMILES string of the molecule is CN(C)Cc1cc2c(o1)CCN(C(=O)c1ccc(/C=C\c3cccc(Cl)c3)cc1)C2. The molecule has 0 N–H and O–H groups in total. The van der Waals surface area contributed by atoms with Crippen LogP contribution in [0.15, 0.2) is 59.0 Å². The number of nitrogens with zero attached hydrogens (tertiary/aromatic N) is 2. The first kappa shape index (κ1) is 20.5. The van der Waals surface area contributed by atoms with Crippen LogP contribution in [0.4, 0.5) is 0 Å². The fraction of sp³-hybridized carbons (Fsp3) is 0.240. The Balaban J connectivity index is 1.42. The van der Waals surface area contributed by atoms with Crippen LogP contribution in [0.3, 0.4) is 0 Å². The third kappa shape index (κ3) is 4.84. The molecule has 0 radical (unpaired) electrons. The van der Waals surface area contributed by atoms with Crippen molar-refractivity contribution >= 4 is 29.7 Å². The average Bonchev–Trinajstić information content (AvgIpc) is 3.13. The Labute approximate surface area is 182 Å². The standard InChI is InChI=1S/C25H25ClN2O2/c1-27(2)17-23-15-21-16-28(13-12-24(21)30-23)25(29)20-10-8-18(9-11-20)6-7-19-4-3-5-22(26)14-19/h3-11,14-15H,12-13,16-17H2,1-2H3/b7-6-. The highest BCUT2D eigenvalue weighted by molar-refractivity contribution is 6.30. The maximum Gasteiger partial charge on any atom is 0.254 e. The molecule has 2 aromatic carbocycles. The molecule has 1 aliphatic heterocycles. The van der Waals surface area contributed by atoms with Gasteiger partial charge in [0.25, 0.3) is 5.91 Å². The molecule has 1 aliphatic rings. The van der Waals surface area contributed by atoms with Crippen molar-refractivity contribution in [3.8, 4) is 0 Å². The summed E-state index contributed by atoms with van der Waals surface area (Å²) in [5.41, 5.74) is 3.90. The maximum atomic E-state index is 13.0. The number of hydrogen-bond acceptors (Lipinski definition) is 3. The number of carbonyl (C=O) groups is 1. The number of hydrogen-bond donors (Lipinski definition) is 0. The van der Waals surface area contributed by atoms with Gasteiger partial charge in [0, 0.05) is 35.7 Å². The molecule has 1 aromatic heterocycles. The molecular formula is C25H25ClN2O2. The second-order valence-corrected chi connectivity index (χ2v) is 8.32. The van der Waals surface area contributed by atoms with Gasteiger partial charge in [-0.05, 0) is 55.6 Å². The van der Waals surface area contributed by atoms with Gasteiger partial charge in [0.1, 0.15) is 11.5 Å². The van der Waals surface area contributed by atoms with Gasteiger partial charge in [-0.2, -0.15) is 0 Å². The van der Waals surface area contributed by atoms with Crippen molar-refractivity contribution in [3.63, 3.8) is 0 Å². The number of halogens is 1. The summed E-state index contributed by atoms with van der Waals surface area (Å²) in [4.78, 5) is 17.0. The summed E-state index contributed by atoms with van der Waals surface area (Å²) in [6.07, 6.45) is 4.79. The van der Waals surface area contributed by atoms with Gasteiger partial charge in [-0.15, -0.1) is 0 Å². The molecule has 2 heterocycles. The van der Waals surface area contributed by atoms with Crippen molar-refractivity contribution in [1.82, 2.24) is 9.80 Å². The Bertz CT molecular complexity index is 1070. The predicted octanol–water partition coefficient (Wildman–Crippen LogP) is 5.36. The number of fused-ring (bicyclic) bond motifs is 1. The van der Waals surface area contributed by atoms with Crippen LogP contribution in [0.1, 0.15) is 38.6 Å². The van der Waals surface area contributed by atoms with Crippen LogP contribution in [0.2, 0.25) is 5.02 Å². The molecule has 4 rings (SSSR count). The lowest BCUT2D eigenvalue weighted by Gasteiger charge is -2.26. The van der Waals surface area contributed by atoms with Crippen molar-refractivity contribution < 1.29 is 9.21 Å². The minimum atomic E-state index is 0.0568. The van der Waals surface area contributed by atoms with E-state index in [1.54, 1.807) is 0 Å². The minimum Gasteiger partial charge on any atom is -0.464 e. The molecular weight excluding hydrogens is 396 g/mol. The summed E-state index contributed by atoms with van der Waals surface area (Å²) >= 11 is 6.03. The second-order valence-electron chi connectivity index (χ2n) is 7.89. The Kier molecular flexibility index (Phi) is 6.07. The Hall–Kier alpha value is -2.82. The van der Waals surface area contributed by atoms with E-state index in [1.165, 1.54) is 0 Å². The maximum absolute atomic E-state index is 13.0. The fourth-order valence-electron chi connectivity index (χ4n) is 3.68. The van der Waals surface area contributed by atoms with E-state index in [9.17, 15) is 4.79 Å². The van der Waals surface area contributed by atoms with Gasteiger partial charge < -0.3 is 14.2 Å². The molecule has 0 spiro atoms. The Morgan fingerprint density at radius 3 is 2.60 bits per heavy atom. The van der Waals surface area contributed by atoms with Crippen LogP contribution >= 0.6 is 11.6 Å². The zero-order chi connectivity index (χ0) is 21.1. The van der Waals surface area contributed by atoms with Gasteiger partial charge in [-0.3, -0.25) is 4.79 Å². The number of carbonyl (C=O) groups excluding carboxylic acids is 1. The molecule has 3 aromatic rings. The predicted molar refractivity (Wildman–Crippen MR) is 121 cm³/mol. The van der Waals surface area contributed by atoms with Crippen LogP contribution < -0.4 is 0 Å². The summed E-state index contributed by atoms with van der Waals surface area (Å²) in [6, 6.07) is 17.5. The third-order valence-corrected chi connectivity index (χ3v) is 5.39. The van der Waals surface area contributed by atoms with E-state index in [-0.39, 0.29) is 5.91 Å². The molecule has 0 saturated carbocycles. The normalized spacial score (nSPS) is 13.8. The van der Waals surface area contributed by atoms with E-state index < -0.39 is 0 Å².